The Labute approximate surface area is 95.6 Å². The molecule has 15 heavy (non-hydrogen) atoms. The van der Waals surface area contributed by atoms with Gasteiger partial charge in [0.05, 0.1) is 5.41 Å². The average molecular weight is 210 g/mol. The summed E-state index contributed by atoms with van der Waals surface area (Å²) in [6.07, 6.45) is 7.77. The Kier molecular flexibility index (Phi) is 3.63. The fourth-order valence-corrected chi connectivity index (χ4v) is 3.32. The second-order valence-electron chi connectivity index (χ2n) is 6.13. The van der Waals surface area contributed by atoms with Gasteiger partial charge in [0.25, 0.3) is 0 Å². The van der Waals surface area contributed by atoms with Crippen molar-refractivity contribution in [2.75, 3.05) is 7.05 Å². The third-order valence-corrected chi connectivity index (χ3v) is 4.32. The van der Waals surface area contributed by atoms with Crippen LogP contribution in [0.15, 0.2) is 0 Å². The third-order valence-electron chi connectivity index (χ3n) is 4.32. The van der Waals surface area contributed by atoms with E-state index in [1.54, 1.807) is 0 Å². The molecule has 1 aliphatic heterocycles. The number of nitrogens with zero attached hydrogens (tertiary/aromatic N) is 1. The summed E-state index contributed by atoms with van der Waals surface area (Å²) in [6, 6.07) is 0. The van der Waals surface area contributed by atoms with Crippen LogP contribution < -0.4 is 0 Å². The van der Waals surface area contributed by atoms with Crippen molar-refractivity contribution in [2.24, 2.45) is 11.3 Å². The molecule has 0 saturated carbocycles. The molecule has 1 heterocycles. The molecule has 0 aliphatic carbocycles. The SMILES string of the molecule is CCCC(CC)C1(C)C=[N+](C)C(C)(C)C1. The van der Waals surface area contributed by atoms with Gasteiger partial charge in [0.15, 0.2) is 5.54 Å². The molecule has 1 heteroatoms. The Bertz CT molecular complexity index is 252. The maximum atomic E-state index is 2.48. The molecule has 2 atom stereocenters. The summed E-state index contributed by atoms with van der Waals surface area (Å²) in [5.74, 6) is 0.853. The van der Waals surface area contributed by atoms with Crippen molar-refractivity contribution in [3.63, 3.8) is 0 Å². The van der Waals surface area contributed by atoms with Crippen LogP contribution in [0.4, 0.5) is 0 Å². The normalized spacial score (nSPS) is 31.5. The summed E-state index contributed by atoms with van der Waals surface area (Å²) >= 11 is 0. The van der Waals surface area contributed by atoms with Crippen molar-refractivity contribution in [1.29, 1.82) is 0 Å². The molecule has 2 unspecified atom stereocenters. The number of rotatable bonds is 4. The van der Waals surface area contributed by atoms with Gasteiger partial charge in [0.1, 0.15) is 13.3 Å². The van der Waals surface area contributed by atoms with Gasteiger partial charge in [-0.2, -0.15) is 0 Å². The second-order valence-corrected chi connectivity index (χ2v) is 6.13. The molecule has 1 nitrogen and oxygen atoms in total. The quantitative estimate of drug-likeness (QED) is 0.622. The van der Waals surface area contributed by atoms with Gasteiger partial charge >= 0.3 is 0 Å². The lowest BCUT2D eigenvalue weighted by Crippen LogP contribution is -2.32. The molecule has 0 aromatic carbocycles. The molecular formula is C14H28N+. The van der Waals surface area contributed by atoms with Crippen molar-refractivity contribution in [3.8, 4) is 0 Å². The fourth-order valence-electron chi connectivity index (χ4n) is 3.32. The predicted octanol–water partition coefficient (Wildman–Crippen LogP) is 3.71. The first-order valence-electron chi connectivity index (χ1n) is 6.44. The maximum Gasteiger partial charge on any atom is 0.157 e. The predicted molar refractivity (Wildman–Crippen MR) is 67.7 cm³/mol. The van der Waals surface area contributed by atoms with E-state index >= 15 is 0 Å². The standard InChI is InChI=1S/C14H28N/c1-7-9-12(8-2)14(5)10-13(3,4)15(6)11-14/h11-12H,7-10H2,1-6H3/q+1. The van der Waals surface area contributed by atoms with Crippen LogP contribution in [0.1, 0.15) is 60.3 Å². The fraction of sp³-hybridized carbons (Fsp3) is 0.929. The molecule has 0 spiro atoms. The topological polar surface area (TPSA) is 3.01 Å². The van der Waals surface area contributed by atoms with Crippen molar-refractivity contribution >= 4 is 6.21 Å². The highest BCUT2D eigenvalue weighted by Crippen LogP contribution is 2.43. The molecule has 0 amide bonds. The van der Waals surface area contributed by atoms with Crippen molar-refractivity contribution < 1.29 is 4.58 Å². The van der Waals surface area contributed by atoms with E-state index in [1.165, 1.54) is 25.7 Å². The zero-order valence-electron chi connectivity index (χ0n) is 11.4. The summed E-state index contributed by atoms with van der Waals surface area (Å²) in [6.45, 7) is 11.8. The average Bonchev–Trinajstić information content (AvgIpc) is 2.32. The van der Waals surface area contributed by atoms with E-state index < -0.39 is 0 Å². The summed E-state index contributed by atoms with van der Waals surface area (Å²) in [4.78, 5) is 0. The van der Waals surface area contributed by atoms with Gasteiger partial charge in [-0.15, -0.1) is 0 Å². The van der Waals surface area contributed by atoms with Crippen LogP contribution in [-0.4, -0.2) is 23.4 Å². The van der Waals surface area contributed by atoms with Crippen LogP contribution in [0, 0.1) is 11.3 Å². The van der Waals surface area contributed by atoms with E-state index in [-0.39, 0.29) is 0 Å². The number of hydrogen-bond donors (Lipinski definition) is 0. The van der Waals surface area contributed by atoms with Gasteiger partial charge in [0.2, 0.25) is 0 Å². The zero-order valence-corrected chi connectivity index (χ0v) is 11.4. The Hall–Kier alpha value is -0.330. The van der Waals surface area contributed by atoms with Gasteiger partial charge in [-0.1, -0.05) is 26.7 Å². The molecule has 88 valence electrons. The molecule has 1 aliphatic rings. The van der Waals surface area contributed by atoms with Crippen LogP contribution >= 0.6 is 0 Å². The highest BCUT2D eigenvalue weighted by atomic mass is 15.1. The van der Waals surface area contributed by atoms with Crippen molar-refractivity contribution in [1.82, 2.24) is 0 Å². The Morgan fingerprint density at radius 1 is 1.27 bits per heavy atom. The van der Waals surface area contributed by atoms with Crippen molar-refractivity contribution in [2.45, 2.75) is 65.8 Å². The first kappa shape index (κ1) is 12.7. The van der Waals surface area contributed by atoms with Crippen molar-refractivity contribution in [3.05, 3.63) is 0 Å². The van der Waals surface area contributed by atoms with E-state index in [1.807, 2.05) is 0 Å². The minimum atomic E-state index is 0.343. The highest BCUT2D eigenvalue weighted by molar-refractivity contribution is 5.63. The minimum Gasteiger partial charge on any atom is -0.237 e. The molecule has 0 aromatic rings. The Morgan fingerprint density at radius 3 is 2.20 bits per heavy atom. The molecule has 0 radical (unpaired) electrons. The summed E-state index contributed by atoms with van der Waals surface area (Å²) < 4.78 is 2.42. The maximum absolute atomic E-state index is 2.48. The molecule has 0 N–H and O–H groups in total. The second kappa shape index (κ2) is 4.27. The Balaban J connectivity index is 2.86. The van der Waals surface area contributed by atoms with Gasteiger partial charge in [-0.3, -0.25) is 0 Å². The highest BCUT2D eigenvalue weighted by Gasteiger charge is 2.48. The van der Waals surface area contributed by atoms with E-state index in [9.17, 15) is 0 Å². The van der Waals surface area contributed by atoms with Gasteiger partial charge in [-0.05, 0) is 33.1 Å². The first-order valence-corrected chi connectivity index (χ1v) is 6.44. The van der Waals surface area contributed by atoms with Gasteiger partial charge in [0, 0.05) is 6.42 Å². The van der Waals surface area contributed by atoms with E-state index in [2.05, 4.69) is 52.5 Å². The molecule has 0 saturated heterocycles. The van der Waals surface area contributed by atoms with Crippen LogP contribution in [0.3, 0.4) is 0 Å². The third kappa shape index (κ3) is 2.43. The smallest absolute Gasteiger partial charge is 0.157 e. The lowest BCUT2D eigenvalue weighted by molar-refractivity contribution is -0.562. The number of hydrogen-bond acceptors (Lipinski definition) is 0. The minimum absolute atomic E-state index is 0.343. The monoisotopic (exact) mass is 210 g/mol. The largest absolute Gasteiger partial charge is 0.237 e. The van der Waals surface area contributed by atoms with Crippen LogP contribution in [0.5, 0.6) is 0 Å². The molecule has 0 fully saturated rings. The first-order chi connectivity index (χ1) is 6.85. The van der Waals surface area contributed by atoms with Crippen LogP contribution in [0.2, 0.25) is 0 Å². The lowest BCUT2D eigenvalue weighted by atomic mass is 9.70. The van der Waals surface area contributed by atoms with E-state index in [4.69, 9.17) is 0 Å². The lowest BCUT2D eigenvalue weighted by Gasteiger charge is -2.30. The molecule has 0 aromatic heterocycles. The molecule has 1 rings (SSSR count). The van der Waals surface area contributed by atoms with E-state index in [0.29, 0.717) is 11.0 Å². The zero-order chi connectivity index (χ0) is 11.7. The Morgan fingerprint density at radius 2 is 1.87 bits per heavy atom. The van der Waals surface area contributed by atoms with Gasteiger partial charge < -0.3 is 0 Å². The van der Waals surface area contributed by atoms with E-state index in [0.717, 1.165) is 5.92 Å². The molecule has 0 bridgehead atoms. The summed E-state index contributed by atoms with van der Waals surface area (Å²) in [5.41, 5.74) is 0.763. The summed E-state index contributed by atoms with van der Waals surface area (Å²) in [7, 11) is 2.23. The van der Waals surface area contributed by atoms with Crippen LogP contribution in [-0.2, 0) is 0 Å². The van der Waals surface area contributed by atoms with Crippen LogP contribution in [0.25, 0.3) is 0 Å². The van der Waals surface area contributed by atoms with Gasteiger partial charge in [-0.25, -0.2) is 4.58 Å². The molecular weight excluding hydrogens is 182 g/mol. The summed E-state index contributed by atoms with van der Waals surface area (Å²) in [5, 5.41) is 0.